The first-order chi connectivity index (χ1) is 25.3. The number of hydrogen-bond donors (Lipinski definition) is 1. The first-order valence-electron chi connectivity index (χ1n) is 18.4. The van der Waals surface area contributed by atoms with Crippen LogP contribution in [-0.4, -0.2) is 37.8 Å². The van der Waals surface area contributed by atoms with Crippen LogP contribution in [0.4, 0.5) is 26.3 Å². The smallest absolute Gasteiger partial charge is 0.684 e. The largest absolute Gasteiger partial charge is 1.00 e. The van der Waals surface area contributed by atoms with Crippen molar-refractivity contribution in [1.82, 2.24) is 5.32 Å². The number of unbranched alkanes of at least 4 members (excludes halogenated alkanes) is 3. The Morgan fingerprint density at radius 3 is 1.80 bits per heavy atom. The molecule has 5 rings (SSSR count). The van der Waals surface area contributed by atoms with Crippen LogP contribution in [-0.2, 0) is 11.6 Å². The SMILES string of the molecule is C=C([N-]CCCP(CCCCC)CCCCC1(C(=C)NCC(F)(F)F)c2ccccc2-c2ccccc21)c1ccccc1-c1ccc(C(F)(F)F)cc1.[K+]. The van der Waals surface area contributed by atoms with Crippen molar-refractivity contribution in [3.8, 4) is 22.3 Å². The van der Waals surface area contributed by atoms with E-state index in [2.05, 4.69) is 25.4 Å². The fourth-order valence-electron chi connectivity index (χ4n) is 7.49. The van der Waals surface area contributed by atoms with Crippen LogP contribution >= 0.6 is 7.92 Å². The number of nitrogens with one attached hydrogen (secondary N) is 1. The predicted octanol–water partition coefficient (Wildman–Crippen LogP) is 10.6. The van der Waals surface area contributed by atoms with Gasteiger partial charge in [-0.2, -0.15) is 26.3 Å². The van der Waals surface area contributed by atoms with Gasteiger partial charge >= 0.3 is 63.7 Å². The van der Waals surface area contributed by atoms with Crippen LogP contribution < -0.4 is 56.7 Å². The number of nitrogens with zero attached hydrogens (tertiary/aromatic N) is 1. The molecule has 2 nitrogen and oxygen atoms in total. The zero-order valence-electron chi connectivity index (χ0n) is 31.3. The van der Waals surface area contributed by atoms with Crippen molar-refractivity contribution in [1.29, 1.82) is 0 Å². The van der Waals surface area contributed by atoms with Gasteiger partial charge < -0.3 is 10.6 Å². The standard InChI is InChI=1S/C44H48F6N2P.K/c1-4-5-13-28-53(30-15-27-51-32(2)36-16-6-7-17-37(36)34-22-24-35(25-23-34)44(48,49)50)29-14-12-26-42(33(3)52-31-43(45,46)47)40-20-10-8-18-38(40)39-19-9-11-21-41(39)42;/h6-11,16-25,52H,2-5,12-15,26-31H2,1H3;/q-1;+1. The fourth-order valence-corrected chi connectivity index (χ4v) is 10.1. The Balaban J connectivity index is 0.00000650. The molecule has 0 fully saturated rings. The summed E-state index contributed by atoms with van der Waals surface area (Å²) >= 11 is 0. The minimum Gasteiger partial charge on any atom is -0.684 e. The van der Waals surface area contributed by atoms with Crippen molar-refractivity contribution < 1.29 is 77.7 Å². The van der Waals surface area contributed by atoms with Gasteiger partial charge in [-0.15, -0.1) is 26.7 Å². The summed E-state index contributed by atoms with van der Waals surface area (Å²) in [6, 6.07) is 28.7. The molecule has 0 heterocycles. The van der Waals surface area contributed by atoms with E-state index in [1.165, 1.54) is 31.1 Å². The molecule has 0 radical (unpaired) electrons. The van der Waals surface area contributed by atoms with E-state index in [0.717, 1.165) is 83.5 Å². The Kier molecular flexibility index (Phi) is 16.5. The molecule has 4 aromatic carbocycles. The van der Waals surface area contributed by atoms with Gasteiger partial charge in [0.25, 0.3) is 0 Å². The van der Waals surface area contributed by atoms with Gasteiger partial charge in [-0.05, 0) is 88.8 Å². The first-order valence-corrected chi connectivity index (χ1v) is 20.3. The summed E-state index contributed by atoms with van der Waals surface area (Å²) in [6.07, 6.45) is 1.47. The molecular weight excluding hydrogens is 741 g/mol. The summed E-state index contributed by atoms with van der Waals surface area (Å²) in [5.41, 5.74) is 5.94. The second kappa shape index (κ2) is 20.2. The minimum absolute atomic E-state index is 0. The molecule has 0 saturated carbocycles. The van der Waals surface area contributed by atoms with E-state index < -0.39 is 29.9 Å². The molecule has 0 saturated heterocycles. The number of halogens is 6. The Bertz CT molecular complexity index is 1790. The van der Waals surface area contributed by atoms with Gasteiger partial charge in [-0.1, -0.05) is 124 Å². The molecule has 1 aliphatic rings. The maximum absolute atomic E-state index is 13.4. The van der Waals surface area contributed by atoms with Crippen LogP contribution in [0.25, 0.3) is 33.3 Å². The topological polar surface area (TPSA) is 26.1 Å². The number of fused-ring (bicyclic) bond motifs is 3. The Morgan fingerprint density at radius 1 is 0.685 bits per heavy atom. The summed E-state index contributed by atoms with van der Waals surface area (Å²) in [4.78, 5) is 0. The van der Waals surface area contributed by atoms with E-state index in [0.29, 0.717) is 29.9 Å². The van der Waals surface area contributed by atoms with Gasteiger partial charge in [0.05, 0.1) is 11.0 Å². The van der Waals surface area contributed by atoms with Crippen LogP contribution in [0, 0.1) is 0 Å². The molecule has 10 heteroatoms. The third-order valence-electron chi connectivity index (χ3n) is 10.1. The predicted molar refractivity (Wildman–Crippen MR) is 210 cm³/mol. The average molecular weight is 789 g/mol. The Hall–Kier alpha value is -2.39. The molecule has 1 unspecified atom stereocenters. The fraction of sp³-hybridized carbons (Fsp3) is 0.364. The molecule has 0 aliphatic heterocycles. The molecule has 0 aromatic heterocycles. The van der Waals surface area contributed by atoms with Crippen LogP contribution in [0.2, 0.25) is 0 Å². The van der Waals surface area contributed by atoms with Crippen molar-refractivity contribution in [2.75, 3.05) is 31.6 Å². The maximum atomic E-state index is 13.4. The van der Waals surface area contributed by atoms with E-state index in [1.54, 1.807) is 0 Å². The summed E-state index contributed by atoms with van der Waals surface area (Å²) in [7, 11) is -0.264. The van der Waals surface area contributed by atoms with Gasteiger partial charge in [-0.25, -0.2) is 0 Å². The van der Waals surface area contributed by atoms with Crippen molar-refractivity contribution in [2.24, 2.45) is 0 Å². The van der Waals surface area contributed by atoms with Crippen molar-refractivity contribution >= 4 is 13.6 Å². The molecule has 0 spiro atoms. The van der Waals surface area contributed by atoms with Gasteiger partial charge in [0, 0.05) is 5.70 Å². The monoisotopic (exact) mass is 788 g/mol. The summed E-state index contributed by atoms with van der Waals surface area (Å²) in [6.45, 7) is 10.1. The molecule has 1 atom stereocenters. The van der Waals surface area contributed by atoms with Crippen molar-refractivity contribution in [3.63, 3.8) is 0 Å². The number of benzene rings is 4. The quantitative estimate of drug-likeness (QED) is 0.0436. The number of alkyl halides is 6. The molecule has 54 heavy (non-hydrogen) atoms. The molecule has 0 bridgehead atoms. The molecule has 4 aromatic rings. The maximum Gasteiger partial charge on any atom is 1.00 e. The van der Waals surface area contributed by atoms with Crippen LogP contribution in [0.5, 0.6) is 0 Å². The number of allylic oxidation sites excluding steroid dienone is 1. The van der Waals surface area contributed by atoms with E-state index in [9.17, 15) is 26.3 Å². The molecule has 282 valence electrons. The van der Waals surface area contributed by atoms with Crippen molar-refractivity contribution in [3.05, 3.63) is 143 Å². The van der Waals surface area contributed by atoms with E-state index in [1.807, 2.05) is 72.8 Å². The molecule has 1 aliphatic carbocycles. The molecule has 0 amide bonds. The summed E-state index contributed by atoms with van der Waals surface area (Å²) < 4.78 is 79.6. The second-order valence-corrected chi connectivity index (χ2v) is 16.4. The minimum atomic E-state index is -4.39. The molecular formula is C44H48F6KN2P. The van der Waals surface area contributed by atoms with Gasteiger partial charge in [0.15, 0.2) is 0 Å². The number of rotatable bonds is 19. The number of hydrogen-bond acceptors (Lipinski definition) is 1. The second-order valence-electron chi connectivity index (χ2n) is 13.8. The van der Waals surface area contributed by atoms with E-state index >= 15 is 0 Å². The third kappa shape index (κ3) is 11.1. The first kappa shape index (κ1) is 44.3. The van der Waals surface area contributed by atoms with Gasteiger partial charge in [-0.3, -0.25) is 0 Å². The zero-order chi connectivity index (χ0) is 38.1. The summed E-state index contributed by atoms with van der Waals surface area (Å²) in [5.74, 6) is 0. The van der Waals surface area contributed by atoms with E-state index in [4.69, 9.17) is 5.32 Å². The Morgan fingerprint density at radius 2 is 1.22 bits per heavy atom. The van der Waals surface area contributed by atoms with Crippen LogP contribution in [0.15, 0.2) is 116 Å². The van der Waals surface area contributed by atoms with E-state index in [-0.39, 0.29) is 59.3 Å². The van der Waals surface area contributed by atoms with Crippen LogP contribution in [0.1, 0.15) is 74.1 Å². The normalized spacial score (nSPS) is 13.7. The van der Waals surface area contributed by atoms with Crippen molar-refractivity contribution in [2.45, 2.75) is 69.6 Å². The van der Waals surface area contributed by atoms with Crippen LogP contribution in [0.3, 0.4) is 0 Å². The van der Waals surface area contributed by atoms with Gasteiger partial charge in [0.2, 0.25) is 0 Å². The zero-order valence-corrected chi connectivity index (χ0v) is 35.3. The summed E-state index contributed by atoms with van der Waals surface area (Å²) in [5, 5.41) is 7.47. The molecule has 1 N–H and O–H groups in total. The van der Waals surface area contributed by atoms with Gasteiger partial charge in [0.1, 0.15) is 6.54 Å². The Labute approximate surface area is 360 Å². The average Bonchev–Trinajstić information content (AvgIpc) is 3.43. The third-order valence-corrected chi connectivity index (χ3v) is 13.0.